The summed E-state index contributed by atoms with van der Waals surface area (Å²) >= 11 is 0. The van der Waals surface area contributed by atoms with Crippen molar-refractivity contribution in [2.75, 3.05) is 26.4 Å². The minimum absolute atomic E-state index is 0.0380. The number of esters is 2. The highest BCUT2D eigenvalue weighted by molar-refractivity contribution is 7.47. The molecule has 0 fully saturated rings. The van der Waals surface area contributed by atoms with Crippen molar-refractivity contribution in [3.05, 3.63) is 146 Å². The number of nitrogens with two attached hydrogens (primary N) is 1. The lowest BCUT2D eigenvalue weighted by atomic mass is 10.0. The molecule has 0 heterocycles. The molecule has 508 valence electrons. The zero-order chi connectivity index (χ0) is 64.4. The van der Waals surface area contributed by atoms with E-state index in [0.29, 0.717) is 12.8 Å². The number of carbonyl (C=O) groups excluding carboxylic acids is 2. The minimum atomic E-state index is -4.42. The Morgan fingerprint density at radius 2 is 0.629 bits per heavy atom. The van der Waals surface area contributed by atoms with Gasteiger partial charge in [-0.15, -0.1) is 0 Å². The molecule has 0 saturated heterocycles. The summed E-state index contributed by atoms with van der Waals surface area (Å²) in [6, 6.07) is 0. The summed E-state index contributed by atoms with van der Waals surface area (Å²) in [6.07, 6.45) is 105. The molecular formula is C79H134NO8P. The molecule has 10 heteroatoms. The van der Waals surface area contributed by atoms with Crippen LogP contribution in [0.25, 0.3) is 0 Å². The highest BCUT2D eigenvalue weighted by Gasteiger charge is 2.26. The van der Waals surface area contributed by atoms with Gasteiger partial charge >= 0.3 is 19.8 Å². The first-order valence-electron chi connectivity index (χ1n) is 36.3. The van der Waals surface area contributed by atoms with E-state index in [-0.39, 0.29) is 32.6 Å². The smallest absolute Gasteiger partial charge is 0.462 e. The molecule has 0 radical (unpaired) electrons. The number of phosphoric acid groups is 1. The Bertz CT molecular complexity index is 1970. The summed E-state index contributed by atoms with van der Waals surface area (Å²) in [5, 5.41) is 0. The molecule has 3 N–H and O–H groups in total. The predicted octanol–water partition coefficient (Wildman–Crippen LogP) is 24.2. The second kappa shape index (κ2) is 72.9. The van der Waals surface area contributed by atoms with E-state index in [0.717, 1.165) is 89.9 Å². The van der Waals surface area contributed by atoms with E-state index in [9.17, 15) is 19.0 Å². The highest BCUT2D eigenvalue weighted by atomic mass is 31.2. The first-order valence-corrected chi connectivity index (χ1v) is 37.8. The molecule has 0 aromatic heterocycles. The van der Waals surface area contributed by atoms with Crippen molar-refractivity contribution in [3.8, 4) is 0 Å². The van der Waals surface area contributed by atoms with Gasteiger partial charge in [0.2, 0.25) is 0 Å². The van der Waals surface area contributed by atoms with Crippen LogP contribution in [-0.2, 0) is 32.7 Å². The van der Waals surface area contributed by atoms with Gasteiger partial charge in [-0.3, -0.25) is 18.6 Å². The monoisotopic (exact) mass is 1260 g/mol. The topological polar surface area (TPSA) is 134 Å². The summed E-state index contributed by atoms with van der Waals surface area (Å²) in [4.78, 5) is 35.3. The molecule has 0 rings (SSSR count). The molecule has 0 aliphatic rings. The van der Waals surface area contributed by atoms with Gasteiger partial charge in [-0.1, -0.05) is 327 Å². The van der Waals surface area contributed by atoms with Gasteiger partial charge in [0.25, 0.3) is 0 Å². The third-order valence-electron chi connectivity index (χ3n) is 15.2. The highest BCUT2D eigenvalue weighted by Crippen LogP contribution is 2.43. The van der Waals surface area contributed by atoms with Crippen molar-refractivity contribution in [1.29, 1.82) is 0 Å². The lowest BCUT2D eigenvalue weighted by molar-refractivity contribution is -0.161. The fourth-order valence-electron chi connectivity index (χ4n) is 9.88. The average molecular weight is 1260 g/mol. The Kier molecular flexibility index (Phi) is 69.6. The quantitative estimate of drug-likeness (QED) is 0.0264. The summed E-state index contributed by atoms with van der Waals surface area (Å²) in [6.45, 7) is 3.56. The van der Waals surface area contributed by atoms with Crippen molar-refractivity contribution >= 4 is 19.8 Å². The van der Waals surface area contributed by atoms with Crippen molar-refractivity contribution in [1.82, 2.24) is 0 Å². The van der Waals surface area contributed by atoms with Crippen LogP contribution in [0.2, 0.25) is 0 Å². The summed E-state index contributed by atoms with van der Waals surface area (Å²) < 4.78 is 33.1. The maximum atomic E-state index is 12.7. The van der Waals surface area contributed by atoms with Gasteiger partial charge in [0, 0.05) is 19.4 Å². The zero-order valence-corrected chi connectivity index (χ0v) is 58.0. The van der Waals surface area contributed by atoms with Gasteiger partial charge in [0.1, 0.15) is 6.61 Å². The van der Waals surface area contributed by atoms with Crippen LogP contribution in [0.3, 0.4) is 0 Å². The zero-order valence-electron chi connectivity index (χ0n) is 57.1. The van der Waals surface area contributed by atoms with Crippen LogP contribution in [0, 0.1) is 0 Å². The molecule has 0 saturated carbocycles. The standard InChI is InChI=1S/C79H134NO8P/c1-3-5-7-9-11-13-15-17-19-21-23-25-27-29-31-33-34-35-36-37-38-39-40-41-42-44-45-47-49-51-53-55-57-59-61-63-65-67-69-71-78(81)85-75-77(76-87-89(83,84)86-74-73-80)88-79(82)72-70-68-66-64-62-60-58-56-54-52-50-48-46-43-32-30-28-26-24-22-20-18-16-14-12-10-8-6-4-2/h6,8,12,14-15,17-18,20-21,23-24,26-27,29-30,32,46,48,52,54,58,60,64,66,77H,3-5,7,9-11,13,16,19,22,25,28,31,33-45,47,49-51,53,55-57,59,61-63,65,67-76,80H2,1-2H3,(H,83,84)/b8-6-,14-12-,17-15-,20-18-,23-21-,26-24-,29-27-,32-30-,48-46-,54-52-,60-58-,66-64-. The van der Waals surface area contributed by atoms with Gasteiger partial charge < -0.3 is 20.1 Å². The van der Waals surface area contributed by atoms with Gasteiger partial charge in [0.15, 0.2) is 6.10 Å². The molecule has 0 aliphatic carbocycles. The van der Waals surface area contributed by atoms with Gasteiger partial charge in [0.05, 0.1) is 13.2 Å². The molecule has 89 heavy (non-hydrogen) atoms. The molecule has 2 atom stereocenters. The number of carbonyl (C=O) groups is 2. The lowest BCUT2D eigenvalue weighted by Gasteiger charge is -2.19. The normalized spacial score (nSPS) is 13.8. The minimum Gasteiger partial charge on any atom is -0.462 e. The average Bonchev–Trinajstić information content (AvgIpc) is 3.68. The van der Waals surface area contributed by atoms with E-state index in [1.54, 1.807) is 0 Å². The fraction of sp³-hybridized carbons (Fsp3) is 0.671. The third-order valence-corrected chi connectivity index (χ3v) is 16.2. The van der Waals surface area contributed by atoms with Crippen molar-refractivity contribution in [2.45, 2.75) is 315 Å². The molecule has 9 nitrogen and oxygen atoms in total. The molecule has 0 aromatic rings. The molecule has 0 bridgehead atoms. The lowest BCUT2D eigenvalue weighted by Crippen LogP contribution is -2.29. The largest absolute Gasteiger partial charge is 0.472 e. The Balaban J connectivity index is 3.92. The van der Waals surface area contributed by atoms with Crippen LogP contribution in [0.15, 0.2) is 146 Å². The molecule has 0 aromatic carbocycles. The maximum absolute atomic E-state index is 12.7. The number of phosphoric ester groups is 1. The first-order chi connectivity index (χ1) is 43.8. The van der Waals surface area contributed by atoms with Crippen LogP contribution in [0.1, 0.15) is 309 Å². The molecule has 0 aliphatic heterocycles. The van der Waals surface area contributed by atoms with E-state index < -0.39 is 32.5 Å². The van der Waals surface area contributed by atoms with Crippen LogP contribution < -0.4 is 5.73 Å². The van der Waals surface area contributed by atoms with Crippen molar-refractivity contribution in [2.24, 2.45) is 5.73 Å². The predicted molar refractivity (Wildman–Crippen MR) is 385 cm³/mol. The number of rotatable bonds is 67. The van der Waals surface area contributed by atoms with Crippen molar-refractivity contribution in [3.63, 3.8) is 0 Å². The molecular weight excluding hydrogens is 1120 g/mol. The Labute approximate surface area is 547 Å². The first kappa shape index (κ1) is 84.9. The number of hydrogen-bond donors (Lipinski definition) is 2. The summed E-state index contributed by atoms with van der Waals surface area (Å²) in [5.74, 6) is -0.897. The van der Waals surface area contributed by atoms with E-state index in [1.807, 2.05) is 6.08 Å². The molecule has 0 amide bonds. The Morgan fingerprint density at radius 1 is 0.348 bits per heavy atom. The third kappa shape index (κ3) is 72.8. The van der Waals surface area contributed by atoms with Gasteiger partial charge in [-0.25, -0.2) is 4.57 Å². The maximum Gasteiger partial charge on any atom is 0.472 e. The van der Waals surface area contributed by atoms with E-state index >= 15 is 0 Å². The summed E-state index contributed by atoms with van der Waals surface area (Å²) in [5.41, 5.74) is 5.40. The van der Waals surface area contributed by atoms with Crippen molar-refractivity contribution < 1.29 is 37.6 Å². The Hall–Kier alpha value is -4.11. The second-order valence-corrected chi connectivity index (χ2v) is 25.2. The number of hydrogen-bond acceptors (Lipinski definition) is 8. The van der Waals surface area contributed by atoms with Crippen LogP contribution in [-0.4, -0.2) is 49.3 Å². The Morgan fingerprint density at radius 3 is 0.955 bits per heavy atom. The SMILES string of the molecule is CC/C=C\C/C=C\C/C=C\C/C=C\C/C=C\C/C=C\C/C=C\C/C=C\C/C=C\CCCC(=O)OC(COC(=O)CCCCCCCCCCCCCCCCCCCCCCCCCC/C=C\C/C=C\C/C=C\CCCCCCC)COP(=O)(O)OCCN. The molecule has 0 spiro atoms. The van der Waals surface area contributed by atoms with Crippen LogP contribution in [0.5, 0.6) is 0 Å². The number of unbranched alkanes of at least 4 members (excludes halogenated alkanes) is 30. The fourth-order valence-corrected chi connectivity index (χ4v) is 10.6. The summed E-state index contributed by atoms with van der Waals surface area (Å²) in [7, 11) is -4.42. The number of allylic oxidation sites excluding steroid dienone is 24. The number of ether oxygens (including phenoxy) is 2. The molecule has 2 unspecified atom stereocenters. The van der Waals surface area contributed by atoms with Crippen LogP contribution >= 0.6 is 7.82 Å². The van der Waals surface area contributed by atoms with Gasteiger partial charge in [-0.2, -0.15) is 0 Å². The van der Waals surface area contributed by atoms with E-state index in [2.05, 4.69) is 154 Å². The second-order valence-electron chi connectivity index (χ2n) is 23.7. The van der Waals surface area contributed by atoms with Crippen LogP contribution in [0.4, 0.5) is 0 Å². The van der Waals surface area contributed by atoms with E-state index in [4.69, 9.17) is 24.3 Å². The van der Waals surface area contributed by atoms with E-state index in [1.165, 1.54) is 180 Å². The van der Waals surface area contributed by atoms with Gasteiger partial charge in [-0.05, 0) is 116 Å².